The van der Waals surface area contributed by atoms with E-state index in [-0.39, 0.29) is 43.2 Å². The molecule has 22 heavy (non-hydrogen) atoms. The molecule has 0 spiro atoms. The summed E-state index contributed by atoms with van der Waals surface area (Å²) in [6.45, 7) is 2.24. The molecule has 0 fully saturated rings. The van der Waals surface area contributed by atoms with E-state index >= 15 is 0 Å². The number of rotatable bonds is 15. The average Bonchev–Trinajstić information content (AvgIpc) is 2.44. The van der Waals surface area contributed by atoms with Gasteiger partial charge in [-0.25, -0.2) is 0 Å². The van der Waals surface area contributed by atoms with E-state index in [9.17, 15) is 9.59 Å². The third kappa shape index (κ3) is 16.5. The molecular formula is C17H34NNaO3. The molecule has 0 aliphatic carbocycles. The molecule has 0 unspecified atom stereocenters. The molecule has 0 bridgehead atoms. The van der Waals surface area contributed by atoms with Gasteiger partial charge in [0, 0.05) is 12.8 Å². The second-order valence-corrected chi connectivity index (χ2v) is 5.97. The number of hydrogen-bond acceptors (Lipinski definition) is 3. The number of nitrogens with two attached hydrogens (primary N) is 1. The van der Waals surface area contributed by atoms with Crippen molar-refractivity contribution in [3.63, 3.8) is 0 Å². The molecule has 0 aliphatic rings. The number of carboxylic acid groups (broad SMARTS) is 1. The molecule has 3 N–H and O–H groups in total. The fraction of sp³-hybridized carbons (Fsp3) is 0.882. The first kappa shape index (κ1) is 24.4. The average molecular weight is 323 g/mol. The Morgan fingerprint density at radius 1 is 0.909 bits per heavy atom. The van der Waals surface area contributed by atoms with Crippen LogP contribution in [-0.4, -0.2) is 22.9 Å². The summed E-state index contributed by atoms with van der Waals surface area (Å²) < 4.78 is 0. The molecule has 0 rings (SSSR count). The Morgan fingerprint density at radius 2 is 1.32 bits per heavy atom. The molecular weight excluding hydrogens is 289 g/mol. The molecule has 0 aromatic heterocycles. The Morgan fingerprint density at radius 3 is 1.73 bits per heavy atom. The van der Waals surface area contributed by atoms with Crippen molar-refractivity contribution in [2.45, 2.75) is 96.4 Å². The van der Waals surface area contributed by atoms with Crippen LogP contribution in [0.3, 0.4) is 0 Å². The Hall–Kier alpha value is 0.100. The zero-order valence-corrected chi connectivity index (χ0v) is 16.6. The normalized spacial score (nSPS) is 11.7. The Bertz CT molecular complexity index is 291. The van der Waals surface area contributed by atoms with Gasteiger partial charge < -0.3 is 12.3 Å². The van der Waals surface area contributed by atoms with Gasteiger partial charge in [-0.05, 0) is 6.42 Å². The number of hydrogen-bond donors (Lipinski definition) is 2. The van der Waals surface area contributed by atoms with Crippen molar-refractivity contribution < 1.29 is 45.7 Å². The van der Waals surface area contributed by atoms with Crippen LogP contribution >= 0.6 is 0 Å². The van der Waals surface area contributed by atoms with Crippen LogP contribution in [0.15, 0.2) is 0 Å². The van der Waals surface area contributed by atoms with Gasteiger partial charge >= 0.3 is 35.5 Å². The number of carbonyl (C=O) groups is 2. The summed E-state index contributed by atoms with van der Waals surface area (Å²) in [6, 6.07) is -1.04. The summed E-state index contributed by atoms with van der Waals surface area (Å²) in [6.07, 6.45) is 14.2. The van der Waals surface area contributed by atoms with E-state index in [4.69, 9.17) is 10.8 Å². The number of carboxylic acids is 1. The summed E-state index contributed by atoms with van der Waals surface area (Å²) in [4.78, 5) is 22.0. The van der Waals surface area contributed by atoms with Crippen molar-refractivity contribution in [2.75, 3.05) is 0 Å². The smallest absolute Gasteiger partial charge is 1.00 e. The molecule has 4 nitrogen and oxygen atoms in total. The zero-order chi connectivity index (χ0) is 15.9. The van der Waals surface area contributed by atoms with E-state index in [1.165, 1.54) is 57.8 Å². The minimum Gasteiger partial charge on any atom is -1.00 e. The van der Waals surface area contributed by atoms with Crippen molar-refractivity contribution in [1.82, 2.24) is 0 Å². The molecule has 0 heterocycles. The summed E-state index contributed by atoms with van der Waals surface area (Å²) in [5.74, 6) is -1.12. The number of aliphatic carboxylic acids is 1. The summed E-state index contributed by atoms with van der Waals surface area (Å²) >= 11 is 0. The van der Waals surface area contributed by atoms with E-state index in [0.717, 1.165) is 12.8 Å². The van der Waals surface area contributed by atoms with Crippen molar-refractivity contribution in [3.8, 4) is 0 Å². The SMILES string of the molecule is CCCCCCCCCCCCCC(=O)C[C@@H](N)C(=O)O.[H-].[Na+]. The number of unbranched alkanes of at least 4 members (excludes halogenated alkanes) is 10. The Balaban J connectivity index is -0.00000200. The maximum Gasteiger partial charge on any atom is 1.00 e. The number of ketones is 1. The van der Waals surface area contributed by atoms with Crippen LogP contribution in [0.4, 0.5) is 0 Å². The number of Topliss-reactive ketones (excluding diaryl/α,β-unsaturated/α-hetero) is 1. The molecule has 5 heteroatoms. The van der Waals surface area contributed by atoms with Crippen LogP contribution in [-0.2, 0) is 9.59 Å². The largest absolute Gasteiger partial charge is 1.00 e. The molecule has 0 saturated carbocycles. The summed E-state index contributed by atoms with van der Waals surface area (Å²) in [7, 11) is 0. The molecule has 0 saturated heterocycles. The van der Waals surface area contributed by atoms with Gasteiger partial charge in [0.1, 0.15) is 11.8 Å². The van der Waals surface area contributed by atoms with Crippen molar-refractivity contribution in [2.24, 2.45) is 5.73 Å². The summed E-state index contributed by atoms with van der Waals surface area (Å²) in [5, 5.41) is 8.61. The van der Waals surface area contributed by atoms with E-state index in [2.05, 4.69) is 6.92 Å². The third-order valence-electron chi connectivity index (χ3n) is 3.82. The first-order chi connectivity index (χ1) is 10.1. The predicted molar refractivity (Wildman–Crippen MR) is 87.4 cm³/mol. The standard InChI is InChI=1S/C17H33NO3.Na.H/c1-2-3-4-5-6-7-8-9-10-11-12-13-15(19)14-16(18)17(20)21;;/h16H,2-14,18H2,1H3,(H,20,21);;/q;+1;-1/t16-;;/m1../s1. The molecule has 0 aromatic carbocycles. The van der Waals surface area contributed by atoms with E-state index < -0.39 is 12.0 Å². The maximum absolute atomic E-state index is 11.5. The van der Waals surface area contributed by atoms with Gasteiger partial charge in [0.05, 0.1) is 0 Å². The maximum atomic E-state index is 11.5. The van der Waals surface area contributed by atoms with Gasteiger partial charge in [0.2, 0.25) is 0 Å². The van der Waals surface area contributed by atoms with Gasteiger partial charge in [-0.1, -0.05) is 71.1 Å². The first-order valence-corrected chi connectivity index (χ1v) is 8.58. The van der Waals surface area contributed by atoms with Crippen LogP contribution in [0, 0.1) is 0 Å². The van der Waals surface area contributed by atoms with Gasteiger partial charge in [-0.2, -0.15) is 0 Å². The zero-order valence-electron chi connectivity index (χ0n) is 15.6. The van der Waals surface area contributed by atoms with Crippen LogP contribution in [0.5, 0.6) is 0 Å². The van der Waals surface area contributed by atoms with Gasteiger partial charge in [-0.3, -0.25) is 9.59 Å². The molecule has 126 valence electrons. The van der Waals surface area contributed by atoms with Crippen molar-refractivity contribution in [1.29, 1.82) is 0 Å². The second-order valence-electron chi connectivity index (χ2n) is 5.97. The van der Waals surface area contributed by atoms with Crippen molar-refractivity contribution >= 4 is 11.8 Å². The van der Waals surface area contributed by atoms with Gasteiger partial charge in [0.15, 0.2) is 0 Å². The quantitative estimate of drug-likeness (QED) is 0.350. The predicted octanol–water partition coefficient (Wildman–Crippen LogP) is 1.18. The van der Waals surface area contributed by atoms with Gasteiger partial charge in [-0.15, -0.1) is 0 Å². The monoisotopic (exact) mass is 323 g/mol. The van der Waals surface area contributed by atoms with Crippen LogP contribution in [0.25, 0.3) is 0 Å². The molecule has 0 radical (unpaired) electrons. The molecule has 0 aliphatic heterocycles. The van der Waals surface area contributed by atoms with E-state index in [0.29, 0.717) is 6.42 Å². The van der Waals surface area contributed by atoms with Crippen LogP contribution in [0.1, 0.15) is 91.8 Å². The minimum absolute atomic E-state index is 0. The molecule has 0 amide bonds. The fourth-order valence-corrected chi connectivity index (χ4v) is 2.42. The Labute approximate surface area is 159 Å². The minimum atomic E-state index is -1.10. The second kappa shape index (κ2) is 17.5. The molecule has 0 aromatic rings. The van der Waals surface area contributed by atoms with Gasteiger partial charge in [0.25, 0.3) is 0 Å². The first-order valence-electron chi connectivity index (χ1n) is 8.58. The third-order valence-corrected chi connectivity index (χ3v) is 3.82. The van der Waals surface area contributed by atoms with Crippen LogP contribution in [0.2, 0.25) is 0 Å². The number of carbonyl (C=O) groups excluding carboxylic acids is 1. The van der Waals surface area contributed by atoms with E-state index in [1.54, 1.807) is 0 Å². The topological polar surface area (TPSA) is 80.4 Å². The fourth-order valence-electron chi connectivity index (χ4n) is 2.42. The van der Waals surface area contributed by atoms with Crippen LogP contribution < -0.4 is 35.3 Å². The van der Waals surface area contributed by atoms with E-state index in [1.807, 2.05) is 0 Å². The Kier molecular flexibility index (Phi) is 19.3. The molecule has 1 atom stereocenters. The summed E-state index contributed by atoms with van der Waals surface area (Å²) in [5.41, 5.74) is 5.33. The van der Waals surface area contributed by atoms with Crippen molar-refractivity contribution in [3.05, 3.63) is 0 Å².